The highest BCUT2D eigenvalue weighted by atomic mass is 16.4. The van der Waals surface area contributed by atoms with Gasteiger partial charge in [-0.3, -0.25) is 0 Å². The van der Waals surface area contributed by atoms with Crippen LogP contribution in [0.1, 0.15) is 11.6 Å². The third kappa shape index (κ3) is 1.85. The zero-order valence-corrected chi connectivity index (χ0v) is 9.79. The van der Waals surface area contributed by atoms with Crippen molar-refractivity contribution in [3.63, 3.8) is 0 Å². The summed E-state index contributed by atoms with van der Waals surface area (Å²) in [5.41, 5.74) is 1.58. The number of nitrogens with zero attached hydrogens (tertiary/aromatic N) is 2. The second-order valence-electron chi connectivity index (χ2n) is 3.92. The number of fused-ring (bicyclic) bond motifs is 1. The summed E-state index contributed by atoms with van der Waals surface area (Å²) < 4.78 is 5.07. The molecule has 3 aromatic rings. The molecule has 0 aliphatic heterocycles. The molecule has 0 saturated carbocycles. The molecule has 0 bridgehead atoms. The summed E-state index contributed by atoms with van der Waals surface area (Å²) in [6, 6.07) is 12.6. The Bertz CT molecular complexity index is 759. The Labute approximate surface area is 108 Å². The highest BCUT2D eigenvalue weighted by Gasteiger charge is 2.16. The number of aromatic nitrogens is 2. The van der Waals surface area contributed by atoms with Crippen LogP contribution in [0, 0.1) is 11.3 Å². The lowest BCUT2D eigenvalue weighted by Crippen LogP contribution is -1.90. The van der Waals surface area contributed by atoms with Crippen molar-refractivity contribution in [1.29, 1.82) is 5.26 Å². The second kappa shape index (κ2) is 4.35. The fourth-order valence-corrected chi connectivity index (χ4v) is 1.83. The monoisotopic (exact) mass is 251 g/mol. The van der Waals surface area contributed by atoms with E-state index in [1.54, 1.807) is 12.1 Å². The topological polar surface area (TPSA) is 85.8 Å². The number of furan rings is 1. The molecule has 0 spiro atoms. The van der Waals surface area contributed by atoms with E-state index in [0.717, 1.165) is 11.0 Å². The minimum atomic E-state index is -0.230. The maximum absolute atomic E-state index is 10.1. The maximum atomic E-state index is 10.1. The highest BCUT2D eigenvalue weighted by Crippen LogP contribution is 2.24. The van der Waals surface area contributed by atoms with E-state index in [1.165, 1.54) is 6.26 Å². The molecule has 5 nitrogen and oxygen atoms in total. The second-order valence-corrected chi connectivity index (χ2v) is 3.92. The lowest BCUT2D eigenvalue weighted by atomic mass is 10.2. The molecule has 0 unspecified atom stereocenters. The van der Waals surface area contributed by atoms with Crippen molar-refractivity contribution in [3.8, 4) is 6.07 Å². The van der Waals surface area contributed by atoms with Crippen LogP contribution in [-0.4, -0.2) is 15.1 Å². The number of imidazole rings is 1. The van der Waals surface area contributed by atoms with Gasteiger partial charge < -0.3 is 14.5 Å². The van der Waals surface area contributed by atoms with Gasteiger partial charge in [-0.25, -0.2) is 4.98 Å². The first kappa shape index (κ1) is 11.1. The van der Waals surface area contributed by atoms with Gasteiger partial charge in [-0.15, -0.1) is 0 Å². The number of hydrogen-bond acceptors (Lipinski definition) is 4. The van der Waals surface area contributed by atoms with Gasteiger partial charge >= 0.3 is 0 Å². The van der Waals surface area contributed by atoms with E-state index in [-0.39, 0.29) is 17.1 Å². The fourth-order valence-electron chi connectivity index (χ4n) is 1.83. The van der Waals surface area contributed by atoms with Gasteiger partial charge in [0.15, 0.2) is 17.3 Å². The number of benzene rings is 1. The smallest absolute Gasteiger partial charge is 0.180 e. The summed E-state index contributed by atoms with van der Waals surface area (Å²) in [5.74, 6) is 0.321. The van der Waals surface area contributed by atoms with Crippen LogP contribution in [0.2, 0.25) is 0 Å². The largest absolute Gasteiger partial charge is 0.503 e. The SMILES string of the molecule is N#C/C(=C(\O)c1ccco1)c1nc2ccccc2[nH]1. The van der Waals surface area contributed by atoms with Crippen LogP contribution in [0.4, 0.5) is 0 Å². The summed E-state index contributed by atoms with van der Waals surface area (Å²) >= 11 is 0. The minimum Gasteiger partial charge on any atom is -0.503 e. The van der Waals surface area contributed by atoms with E-state index >= 15 is 0 Å². The summed E-state index contributed by atoms with van der Waals surface area (Å²) in [6.07, 6.45) is 1.43. The number of aromatic amines is 1. The Morgan fingerprint density at radius 2 is 2.11 bits per heavy atom. The molecule has 0 atom stereocenters. The molecule has 2 heterocycles. The summed E-state index contributed by atoms with van der Waals surface area (Å²) in [6.45, 7) is 0. The van der Waals surface area contributed by atoms with Gasteiger partial charge in [0.25, 0.3) is 0 Å². The zero-order chi connectivity index (χ0) is 13.2. The molecular weight excluding hydrogens is 242 g/mol. The van der Waals surface area contributed by atoms with Crippen LogP contribution in [-0.2, 0) is 0 Å². The molecule has 92 valence electrons. The average Bonchev–Trinajstić information content (AvgIpc) is 3.08. The standard InChI is InChI=1S/C14H9N3O2/c15-8-9(13(18)12-6-3-7-19-12)14-16-10-4-1-2-5-11(10)17-14/h1-7,18H,(H,16,17)/b13-9+. The molecule has 0 amide bonds. The molecule has 0 aliphatic rings. The van der Waals surface area contributed by atoms with Gasteiger partial charge in [0, 0.05) is 0 Å². The molecule has 2 aromatic heterocycles. The van der Waals surface area contributed by atoms with E-state index in [2.05, 4.69) is 9.97 Å². The number of allylic oxidation sites excluding steroid dienone is 1. The zero-order valence-electron chi connectivity index (χ0n) is 9.79. The Morgan fingerprint density at radius 1 is 1.26 bits per heavy atom. The average molecular weight is 251 g/mol. The van der Waals surface area contributed by atoms with E-state index in [4.69, 9.17) is 4.42 Å². The quantitative estimate of drug-likeness (QED) is 0.541. The Kier molecular flexibility index (Phi) is 2.54. The fraction of sp³-hybridized carbons (Fsp3) is 0. The summed E-state index contributed by atoms with van der Waals surface area (Å²) in [7, 11) is 0. The van der Waals surface area contributed by atoms with E-state index < -0.39 is 0 Å². The van der Waals surface area contributed by atoms with Crippen molar-refractivity contribution in [2.45, 2.75) is 0 Å². The van der Waals surface area contributed by atoms with Crippen LogP contribution in [0.5, 0.6) is 0 Å². The molecule has 0 saturated heterocycles. The predicted molar refractivity (Wildman–Crippen MR) is 69.9 cm³/mol. The number of H-pyrrole nitrogens is 1. The normalized spacial score (nSPS) is 12.2. The van der Waals surface area contributed by atoms with Crippen LogP contribution < -0.4 is 0 Å². The number of aliphatic hydroxyl groups excluding tert-OH is 1. The third-order valence-electron chi connectivity index (χ3n) is 2.73. The minimum absolute atomic E-state index is 0.0474. The Hall–Kier alpha value is -3.00. The van der Waals surface area contributed by atoms with Gasteiger partial charge in [0.05, 0.1) is 17.3 Å². The molecular formula is C14H9N3O2. The molecule has 19 heavy (non-hydrogen) atoms. The van der Waals surface area contributed by atoms with Crippen LogP contribution in [0.3, 0.4) is 0 Å². The van der Waals surface area contributed by atoms with E-state index in [1.807, 2.05) is 30.3 Å². The van der Waals surface area contributed by atoms with Gasteiger partial charge in [0.1, 0.15) is 11.6 Å². The van der Waals surface area contributed by atoms with Crippen LogP contribution in [0.15, 0.2) is 47.1 Å². The van der Waals surface area contributed by atoms with Crippen molar-refractivity contribution < 1.29 is 9.52 Å². The first-order valence-electron chi connectivity index (χ1n) is 5.62. The van der Waals surface area contributed by atoms with Gasteiger partial charge in [-0.05, 0) is 24.3 Å². The van der Waals surface area contributed by atoms with Crippen molar-refractivity contribution in [3.05, 3.63) is 54.2 Å². The number of rotatable bonds is 2. The first-order valence-corrected chi connectivity index (χ1v) is 5.62. The number of aliphatic hydroxyl groups is 1. The molecule has 3 rings (SSSR count). The number of hydrogen-bond donors (Lipinski definition) is 2. The van der Waals surface area contributed by atoms with Crippen LogP contribution in [0.25, 0.3) is 22.4 Å². The molecule has 2 N–H and O–H groups in total. The molecule has 5 heteroatoms. The predicted octanol–water partition coefficient (Wildman–Crippen LogP) is 3.11. The van der Waals surface area contributed by atoms with Crippen molar-refractivity contribution >= 4 is 22.4 Å². The first-order chi connectivity index (χ1) is 9.29. The lowest BCUT2D eigenvalue weighted by Gasteiger charge is -1.97. The number of nitrogens with one attached hydrogen (secondary N) is 1. The van der Waals surface area contributed by atoms with Crippen LogP contribution >= 0.6 is 0 Å². The van der Waals surface area contributed by atoms with Crippen molar-refractivity contribution in [2.75, 3.05) is 0 Å². The number of nitriles is 1. The molecule has 0 aliphatic carbocycles. The Balaban J connectivity index is 2.18. The third-order valence-corrected chi connectivity index (χ3v) is 2.73. The maximum Gasteiger partial charge on any atom is 0.180 e. The lowest BCUT2D eigenvalue weighted by molar-refractivity contribution is 0.461. The van der Waals surface area contributed by atoms with Gasteiger partial charge in [-0.2, -0.15) is 5.26 Å². The molecule has 1 aromatic carbocycles. The summed E-state index contributed by atoms with van der Waals surface area (Å²) in [5, 5.41) is 19.3. The van der Waals surface area contributed by atoms with Crippen molar-refractivity contribution in [1.82, 2.24) is 9.97 Å². The molecule has 0 radical (unpaired) electrons. The molecule has 0 fully saturated rings. The highest BCUT2D eigenvalue weighted by molar-refractivity contribution is 5.93. The number of para-hydroxylation sites is 2. The summed E-state index contributed by atoms with van der Waals surface area (Å²) in [4.78, 5) is 7.27. The van der Waals surface area contributed by atoms with Crippen molar-refractivity contribution in [2.24, 2.45) is 0 Å². The van der Waals surface area contributed by atoms with E-state index in [0.29, 0.717) is 5.82 Å². The Morgan fingerprint density at radius 3 is 2.79 bits per heavy atom. The van der Waals surface area contributed by atoms with E-state index in [9.17, 15) is 10.4 Å². The van der Waals surface area contributed by atoms with Gasteiger partial charge in [-0.1, -0.05) is 12.1 Å². The van der Waals surface area contributed by atoms with Gasteiger partial charge in [0.2, 0.25) is 0 Å².